The van der Waals surface area contributed by atoms with E-state index < -0.39 is 8.32 Å². The highest BCUT2D eigenvalue weighted by molar-refractivity contribution is 8.02. The van der Waals surface area contributed by atoms with Crippen LogP contribution in [0.3, 0.4) is 0 Å². The van der Waals surface area contributed by atoms with Crippen LogP contribution in [0.25, 0.3) is 0 Å². The molecular weight excluding hydrogens is 208 g/mol. The first-order chi connectivity index (χ1) is 6.24. The van der Waals surface area contributed by atoms with Crippen LogP contribution >= 0.6 is 11.8 Å². The van der Waals surface area contributed by atoms with E-state index in [1.165, 1.54) is 4.91 Å². The summed E-state index contributed by atoms with van der Waals surface area (Å²) in [4.78, 5) is 1.33. The lowest BCUT2D eigenvalue weighted by molar-refractivity contribution is 0.325. The zero-order chi connectivity index (χ0) is 11.4. The molecule has 0 aromatic carbocycles. The lowest BCUT2D eigenvalue weighted by Crippen LogP contribution is -2.41. The van der Waals surface area contributed by atoms with Crippen LogP contribution < -0.4 is 0 Å². The Balaban J connectivity index is 4.26. The predicted octanol–water partition coefficient (Wildman–Crippen LogP) is 4.28. The molecule has 0 saturated heterocycles. The topological polar surface area (TPSA) is 9.23 Å². The Kier molecular flexibility index (Phi) is 5.48. The molecule has 0 aliphatic heterocycles. The first-order valence-electron chi connectivity index (χ1n) is 5.07. The van der Waals surface area contributed by atoms with Gasteiger partial charge in [0.2, 0.25) is 0 Å². The lowest BCUT2D eigenvalue weighted by Gasteiger charge is -2.36. The summed E-state index contributed by atoms with van der Waals surface area (Å²) in [6.45, 7) is 14.3. The molecule has 0 saturated carbocycles. The van der Waals surface area contributed by atoms with Crippen molar-refractivity contribution in [3.8, 4) is 0 Å². The quantitative estimate of drug-likeness (QED) is 0.669. The van der Waals surface area contributed by atoms with Gasteiger partial charge in [0.1, 0.15) is 0 Å². The minimum absolute atomic E-state index is 0.310. The van der Waals surface area contributed by atoms with Gasteiger partial charge in [0.05, 0.1) is 6.61 Å². The third kappa shape index (κ3) is 4.19. The van der Waals surface area contributed by atoms with Gasteiger partial charge in [-0.05, 0) is 31.3 Å². The van der Waals surface area contributed by atoms with Crippen molar-refractivity contribution < 1.29 is 4.43 Å². The van der Waals surface area contributed by atoms with Crippen molar-refractivity contribution in [1.29, 1.82) is 0 Å². The van der Waals surface area contributed by atoms with Gasteiger partial charge >= 0.3 is 0 Å². The zero-order valence-corrected chi connectivity index (χ0v) is 12.4. The molecule has 0 aliphatic carbocycles. The largest absolute Gasteiger partial charge is 0.412 e. The molecule has 0 bridgehead atoms. The summed E-state index contributed by atoms with van der Waals surface area (Å²) in [6.07, 6.45) is 4.24. The van der Waals surface area contributed by atoms with Crippen LogP contribution in [0.2, 0.25) is 18.1 Å². The summed E-state index contributed by atoms with van der Waals surface area (Å²) < 4.78 is 6.09. The molecule has 0 atom stereocenters. The van der Waals surface area contributed by atoms with Crippen molar-refractivity contribution >= 4 is 20.1 Å². The van der Waals surface area contributed by atoms with Crippen LogP contribution in [0, 0.1) is 0 Å². The van der Waals surface area contributed by atoms with Gasteiger partial charge in [-0.15, -0.1) is 11.8 Å². The van der Waals surface area contributed by atoms with Gasteiger partial charge in [0.25, 0.3) is 0 Å². The highest BCUT2D eigenvalue weighted by Gasteiger charge is 2.37. The normalized spacial score (nSPS) is 14.6. The fourth-order valence-electron chi connectivity index (χ4n) is 0.728. The molecule has 0 unspecified atom stereocenters. The molecular formula is C11H24OSSi. The fraction of sp³-hybridized carbons (Fsp3) is 0.818. The van der Waals surface area contributed by atoms with Gasteiger partial charge in [0, 0.05) is 4.91 Å². The van der Waals surface area contributed by atoms with E-state index in [4.69, 9.17) is 4.43 Å². The minimum atomic E-state index is -1.55. The summed E-state index contributed by atoms with van der Waals surface area (Å²) >= 11 is 1.78. The molecule has 84 valence electrons. The van der Waals surface area contributed by atoms with Crippen LogP contribution in [0.1, 0.15) is 27.7 Å². The van der Waals surface area contributed by atoms with E-state index in [0.717, 1.165) is 6.61 Å². The number of rotatable bonds is 4. The van der Waals surface area contributed by atoms with Crippen LogP contribution in [-0.4, -0.2) is 21.2 Å². The average molecular weight is 232 g/mol. The third-order valence-corrected chi connectivity index (χ3v) is 8.32. The van der Waals surface area contributed by atoms with E-state index >= 15 is 0 Å². The molecule has 0 N–H and O–H groups in total. The molecule has 0 fully saturated rings. The van der Waals surface area contributed by atoms with Crippen LogP contribution in [-0.2, 0) is 4.43 Å². The second kappa shape index (κ2) is 5.38. The second-order valence-electron chi connectivity index (χ2n) is 5.01. The molecule has 0 rings (SSSR count). The number of allylic oxidation sites excluding steroid dienone is 1. The van der Waals surface area contributed by atoms with Crippen LogP contribution in [0.4, 0.5) is 0 Å². The molecule has 0 aromatic heterocycles. The highest BCUT2D eigenvalue weighted by atomic mass is 32.2. The monoisotopic (exact) mass is 232 g/mol. The molecule has 0 aromatic rings. The van der Waals surface area contributed by atoms with Crippen LogP contribution in [0.5, 0.6) is 0 Å². The number of hydrogen-bond donors (Lipinski definition) is 0. The molecule has 0 aliphatic rings. The van der Waals surface area contributed by atoms with Crippen molar-refractivity contribution in [2.45, 2.75) is 45.8 Å². The van der Waals surface area contributed by atoms with Crippen molar-refractivity contribution in [3.63, 3.8) is 0 Å². The maximum Gasteiger partial charge on any atom is 0.192 e. The smallest absolute Gasteiger partial charge is 0.192 e. The zero-order valence-electron chi connectivity index (χ0n) is 10.6. The highest BCUT2D eigenvalue weighted by Crippen LogP contribution is 2.37. The van der Waals surface area contributed by atoms with Crippen LogP contribution in [0.15, 0.2) is 11.0 Å². The maximum absolute atomic E-state index is 6.09. The number of hydrogen-bond acceptors (Lipinski definition) is 2. The summed E-state index contributed by atoms with van der Waals surface area (Å²) in [5.41, 5.74) is 0. The van der Waals surface area contributed by atoms with Gasteiger partial charge in [-0.1, -0.05) is 26.8 Å². The maximum atomic E-state index is 6.09. The summed E-state index contributed by atoms with van der Waals surface area (Å²) in [5.74, 6) is 0. The molecule has 0 spiro atoms. The second-order valence-corrected chi connectivity index (χ2v) is 10.8. The molecule has 0 amide bonds. The lowest BCUT2D eigenvalue weighted by atomic mass is 10.2. The van der Waals surface area contributed by atoms with E-state index in [0.29, 0.717) is 5.04 Å². The Morgan fingerprint density at radius 2 is 1.86 bits per heavy atom. The van der Waals surface area contributed by atoms with E-state index in [2.05, 4.69) is 53.1 Å². The van der Waals surface area contributed by atoms with E-state index in [9.17, 15) is 0 Å². The Morgan fingerprint density at radius 3 is 2.14 bits per heavy atom. The van der Waals surface area contributed by atoms with Gasteiger partial charge in [0.15, 0.2) is 8.32 Å². The first kappa shape index (κ1) is 14.3. The summed E-state index contributed by atoms with van der Waals surface area (Å²) in [7, 11) is -1.55. The minimum Gasteiger partial charge on any atom is -0.412 e. The molecule has 14 heavy (non-hydrogen) atoms. The third-order valence-electron chi connectivity index (χ3n) is 2.97. The first-order valence-corrected chi connectivity index (χ1v) is 9.21. The Morgan fingerprint density at radius 1 is 1.36 bits per heavy atom. The van der Waals surface area contributed by atoms with Crippen molar-refractivity contribution in [1.82, 2.24) is 0 Å². The Hall–Kier alpha value is 0.267. The summed E-state index contributed by atoms with van der Waals surface area (Å²) in [5, 5.41) is 0.310. The van der Waals surface area contributed by atoms with Crippen molar-refractivity contribution in [2.24, 2.45) is 0 Å². The van der Waals surface area contributed by atoms with Crippen molar-refractivity contribution in [3.05, 3.63) is 11.0 Å². The average Bonchev–Trinajstić information content (AvgIpc) is 2.04. The fourth-order valence-corrected chi connectivity index (χ4v) is 2.19. The molecule has 1 nitrogen and oxygen atoms in total. The van der Waals surface area contributed by atoms with Gasteiger partial charge in [-0.25, -0.2) is 0 Å². The molecule has 0 radical (unpaired) electrons. The standard InChI is InChI=1S/C11H24OSSi/c1-8-10(13-5)9-12-14(6,7)11(2,3)4/h8H,9H2,1-7H3. The Bertz CT molecular complexity index is 204. The Labute approximate surface area is 94.4 Å². The van der Waals surface area contributed by atoms with E-state index in [-0.39, 0.29) is 0 Å². The number of thioether (sulfide) groups is 1. The predicted molar refractivity (Wildman–Crippen MR) is 70.4 cm³/mol. The van der Waals surface area contributed by atoms with Gasteiger partial charge < -0.3 is 4.43 Å². The SMILES string of the molecule is CC=C(CO[Si](C)(C)C(C)(C)C)SC. The summed E-state index contributed by atoms with van der Waals surface area (Å²) in [6, 6.07) is 0. The van der Waals surface area contributed by atoms with E-state index in [1.807, 2.05) is 0 Å². The molecule has 3 heteroatoms. The van der Waals surface area contributed by atoms with E-state index in [1.54, 1.807) is 11.8 Å². The van der Waals surface area contributed by atoms with Gasteiger partial charge in [-0.3, -0.25) is 0 Å². The molecule has 0 heterocycles. The van der Waals surface area contributed by atoms with Crippen molar-refractivity contribution in [2.75, 3.05) is 12.9 Å². The van der Waals surface area contributed by atoms with Gasteiger partial charge in [-0.2, -0.15) is 0 Å².